The molecule has 1 unspecified atom stereocenters. The van der Waals surface area contributed by atoms with Crippen molar-refractivity contribution < 1.29 is 4.42 Å². The van der Waals surface area contributed by atoms with E-state index in [4.69, 9.17) is 10.2 Å². The molecule has 0 aliphatic heterocycles. The molecule has 0 bridgehead atoms. The van der Waals surface area contributed by atoms with Crippen LogP contribution in [0, 0.1) is 5.92 Å². The Morgan fingerprint density at radius 1 is 1.28 bits per heavy atom. The average molecular weight is 252 g/mol. The molecular weight excluding hydrogens is 224 g/mol. The minimum absolute atomic E-state index is 0.826. The molecule has 1 aromatic rings. The molecule has 0 saturated carbocycles. The van der Waals surface area contributed by atoms with Gasteiger partial charge in [-0.1, -0.05) is 19.8 Å². The van der Waals surface area contributed by atoms with Gasteiger partial charge in [0.2, 0.25) is 0 Å². The molecule has 1 aromatic heterocycles. The van der Waals surface area contributed by atoms with Gasteiger partial charge in [0, 0.05) is 13.0 Å². The number of nitrogens with one attached hydrogen (secondary N) is 1. The molecule has 0 fully saturated rings. The molecule has 18 heavy (non-hydrogen) atoms. The Labute approximate surface area is 111 Å². The van der Waals surface area contributed by atoms with Crippen molar-refractivity contribution in [3.05, 3.63) is 24.2 Å². The van der Waals surface area contributed by atoms with Crippen LogP contribution >= 0.6 is 0 Å². The molecule has 1 heterocycles. The lowest BCUT2D eigenvalue weighted by Crippen LogP contribution is -2.19. The first kappa shape index (κ1) is 15.3. The summed E-state index contributed by atoms with van der Waals surface area (Å²) in [6.07, 6.45) is 9.05. The van der Waals surface area contributed by atoms with Gasteiger partial charge in [-0.2, -0.15) is 0 Å². The van der Waals surface area contributed by atoms with Crippen molar-refractivity contribution in [3.63, 3.8) is 0 Å². The van der Waals surface area contributed by atoms with Crippen LogP contribution in [-0.2, 0) is 6.42 Å². The summed E-state index contributed by atoms with van der Waals surface area (Å²) in [6.45, 7) is 5.19. The van der Waals surface area contributed by atoms with E-state index in [0.717, 1.165) is 37.7 Å². The van der Waals surface area contributed by atoms with E-state index in [2.05, 4.69) is 12.2 Å². The molecule has 0 aliphatic carbocycles. The maximum absolute atomic E-state index is 5.64. The zero-order chi connectivity index (χ0) is 13.1. The molecule has 3 heteroatoms. The highest BCUT2D eigenvalue weighted by atomic mass is 16.3. The van der Waals surface area contributed by atoms with Crippen LogP contribution in [0.4, 0.5) is 0 Å². The van der Waals surface area contributed by atoms with Gasteiger partial charge in [-0.15, -0.1) is 0 Å². The molecule has 0 aliphatic rings. The summed E-state index contributed by atoms with van der Waals surface area (Å²) in [6, 6.07) is 3.97. The van der Waals surface area contributed by atoms with E-state index < -0.39 is 0 Å². The molecule has 3 N–H and O–H groups in total. The van der Waals surface area contributed by atoms with Crippen LogP contribution in [0.3, 0.4) is 0 Å². The summed E-state index contributed by atoms with van der Waals surface area (Å²) in [7, 11) is 0. The van der Waals surface area contributed by atoms with Crippen molar-refractivity contribution in [2.24, 2.45) is 11.7 Å². The Balaban J connectivity index is 1.96. The summed E-state index contributed by atoms with van der Waals surface area (Å²) in [5, 5.41) is 3.47. The smallest absolute Gasteiger partial charge is 0.105 e. The van der Waals surface area contributed by atoms with Crippen molar-refractivity contribution in [1.29, 1.82) is 0 Å². The fourth-order valence-electron chi connectivity index (χ4n) is 2.38. The summed E-state index contributed by atoms with van der Waals surface area (Å²) in [5.41, 5.74) is 5.64. The summed E-state index contributed by atoms with van der Waals surface area (Å²) in [4.78, 5) is 0. The standard InChI is InChI=1S/C15H28N2O/c1-2-5-14(8-10-16)6-3-11-17-12-9-15-7-4-13-18-15/h4,7,13-14,17H,2-3,5-6,8-12,16H2,1H3. The topological polar surface area (TPSA) is 51.2 Å². The number of rotatable bonds is 11. The molecule has 0 spiro atoms. The fraction of sp³-hybridized carbons (Fsp3) is 0.733. The third-order valence-corrected chi connectivity index (χ3v) is 3.37. The van der Waals surface area contributed by atoms with Gasteiger partial charge in [-0.05, 0) is 50.4 Å². The summed E-state index contributed by atoms with van der Waals surface area (Å²) < 4.78 is 5.29. The lowest BCUT2D eigenvalue weighted by Gasteiger charge is -2.14. The molecule has 0 saturated heterocycles. The van der Waals surface area contributed by atoms with Gasteiger partial charge in [0.1, 0.15) is 5.76 Å². The predicted molar refractivity (Wildman–Crippen MR) is 76.6 cm³/mol. The minimum Gasteiger partial charge on any atom is -0.469 e. The van der Waals surface area contributed by atoms with E-state index >= 15 is 0 Å². The number of nitrogens with two attached hydrogens (primary N) is 1. The average Bonchev–Trinajstić information content (AvgIpc) is 2.87. The van der Waals surface area contributed by atoms with E-state index in [1.165, 1.54) is 32.1 Å². The number of furan rings is 1. The number of hydrogen-bond acceptors (Lipinski definition) is 3. The maximum atomic E-state index is 5.64. The van der Waals surface area contributed by atoms with Gasteiger partial charge < -0.3 is 15.5 Å². The molecule has 0 amide bonds. The van der Waals surface area contributed by atoms with Crippen molar-refractivity contribution in [1.82, 2.24) is 5.32 Å². The van der Waals surface area contributed by atoms with Crippen LogP contribution in [-0.4, -0.2) is 19.6 Å². The lowest BCUT2D eigenvalue weighted by atomic mass is 9.94. The minimum atomic E-state index is 0.826. The molecular formula is C15H28N2O. The second-order valence-corrected chi connectivity index (χ2v) is 4.95. The van der Waals surface area contributed by atoms with Gasteiger partial charge >= 0.3 is 0 Å². The van der Waals surface area contributed by atoms with Crippen molar-refractivity contribution in [2.45, 2.75) is 45.4 Å². The van der Waals surface area contributed by atoms with E-state index in [-0.39, 0.29) is 0 Å². The predicted octanol–water partition coefficient (Wildman–Crippen LogP) is 2.96. The second-order valence-electron chi connectivity index (χ2n) is 4.95. The van der Waals surface area contributed by atoms with E-state index in [1.807, 2.05) is 12.1 Å². The highest BCUT2D eigenvalue weighted by molar-refractivity contribution is 4.98. The van der Waals surface area contributed by atoms with Gasteiger partial charge in [0.15, 0.2) is 0 Å². The second kappa shape index (κ2) is 10.2. The Hall–Kier alpha value is -0.800. The molecule has 1 atom stereocenters. The van der Waals surface area contributed by atoms with Crippen LogP contribution in [0.1, 0.15) is 44.8 Å². The molecule has 0 radical (unpaired) electrons. The van der Waals surface area contributed by atoms with E-state index in [9.17, 15) is 0 Å². The first-order valence-corrected chi connectivity index (χ1v) is 7.30. The highest BCUT2D eigenvalue weighted by Gasteiger charge is 2.05. The molecule has 0 aromatic carbocycles. The van der Waals surface area contributed by atoms with E-state index in [0.29, 0.717) is 0 Å². The first-order chi connectivity index (χ1) is 8.86. The Morgan fingerprint density at radius 2 is 2.17 bits per heavy atom. The lowest BCUT2D eigenvalue weighted by molar-refractivity contribution is 0.403. The third kappa shape index (κ3) is 6.82. The molecule has 1 rings (SSSR count). The fourth-order valence-corrected chi connectivity index (χ4v) is 2.38. The zero-order valence-electron chi connectivity index (χ0n) is 11.7. The van der Waals surface area contributed by atoms with Crippen LogP contribution < -0.4 is 11.1 Å². The van der Waals surface area contributed by atoms with Crippen LogP contribution in [0.2, 0.25) is 0 Å². The van der Waals surface area contributed by atoms with Gasteiger partial charge in [0.25, 0.3) is 0 Å². The van der Waals surface area contributed by atoms with Crippen molar-refractivity contribution in [2.75, 3.05) is 19.6 Å². The largest absolute Gasteiger partial charge is 0.469 e. The Bertz CT molecular complexity index is 266. The summed E-state index contributed by atoms with van der Waals surface area (Å²) in [5.74, 6) is 1.89. The van der Waals surface area contributed by atoms with Crippen LogP contribution in [0.5, 0.6) is 0 Å². The van der Waals surface area contributed by atoms with Crippen LogP contribution in [0.25, 0.3) is 0 Å². The monoisotopic (exact) mass is 252 g/mol. The SMILES string of the molecule is CCCC(CCN)CCCNCCc1ccco1. The molecule has 3 nitrogen and oxygen atoms in total. The van der Waals surface area contributed by atoms with Gasteiger partial charge in [0.05, 0.1) is 6.26 Å². The normalized spacial score (nSPS) is 12.8. The Kier molecular flexibility index (Phi) is 8.61. The Morgan fingerprint density at radius 3 is 2.83 bits per heavy atom. The van der Waals surface area contributed by atoms with Gasteiger partial charge in [-0.25, -0.2) is 0 Å². The number of hydrogen-bond donors (Lipinski definition) is 2. The first-order valence-electron chi connectivity index (χ1n) is 7.30. The zero-order valence-corrected chi connectivity index (χ0v) is 11.7. The van der Waals surface area contributed by atoms with Crippen molar-refractivity contribution in [3.8, 4) is 0 Å². The van der Waals surface area contributed by atoms with E-state index in [1.54, 1.807) is 6.26 Å². The van der Waals surface area contributed by atoms with Crippen LogP contribution in [0.15, 0.2) is 22.8 Å². The van der Waals surface area contributed by atoms with Crippen molar-refractivity contribution >= 4 is 0 Å². The summed E-state index contributed by atoms with van der Waals surface area (Å²) >= 11 is 0. The maximum Gasteiger partial charge on any atom is 0.105 e. The van der Waals surface area contributed by atoms with Gasteiger partial charge in [-0.3, -0.25) is 0 Å². The highest BCUT2D eigenvalue weighted by Crippen LogP contribution is 2.16. The quantitative estimate of drug-likeness (QED) is 0.595. The molecule has 104 valence electrons. The third-order valence-electron chi connectivity index (χ3n) is 3.37.